The zero-order valence-electron chi connectivity index (χ0n) is 15.1. The van der Waals surface area contributed by atoms with Crippen LogP contribution in [0.2, 0.25) is 0 Å². The zero-order chi connectivity index (χ0) is 18.9. The van der Waals surface area contributed by atoms with Crippen molar-refractivity contribution in [2.24, 2.45) is 0 Å². The Kier molecular flexibility index (Phi) is 6.84. The highest BCUT2D eigenvalue weighted by Gasteiger charge is 2.09. The molecule has 0 radical (unpaired) electrons. The van der Waals surface area contributed by atoms with E-state index in [-0.39, 0.29) is 24.9 Å². The first kappa shape index (κ1) is 19.1. The molecule has 0 fully saturated rings. The first-order chi connectivity index (χ1) is 12.5. The first-order valence-corrected chi connectivity index (χ1v) is 8.11. The summed E-state index contributed by atoms with van der Waals surface area (Å²) in [5.74, 6) is 0.693. The van der Waals surface area contributed by atoms with E-state index in [4.69, 9.17) is 9.47 Å². The predicted molar refractivity (Wildman–Crippen MR) is 101 cm³/mol. The third-order valence-corrected chi connectivity index (χ3v) is 3.62. The fourth-order valence-electron chi connectivity index (χ4n) is 2.25. The number of hydrogen-bond acceptors (Lipinski definition) is 5. The van der Waals surface area contributed by atoms with Gasteiger partial charge < -0.3 is 25.4 Å². The normalized spacial score (nSPS) is 9.96. The standard InChI is InChI=1S/C19H23N3O4/c1-13-4-9-17(26-3)16(10-13)22-19(24)12-21-18(23)11-20-14-5-7-15(25-2)8-6-14/h4-10,20H,11-12H2,1-3H3,(H,21,23)(H,22,24). The number of anilines is 2. The van der Waals surface area contributed by atoms with Crippen LogP contribution in [0.4, 0.5) is 11.4 Å². The van der Waals surface area contributed by atoms with Crippen molar-refractivity contribution in [3.8, 4) is 11.5 Å². The number of benzene rings is 2. The van der Waals surface area contributed by atoms with Crippen molar-refractivity contribution in [2.45, 2.75) is 6.92 Å². The van der Waals surface area contributed by atoms with Gasteiger partial charge in [-0.15, -0.1) is 0 Å². The van der Waals surface area contributed by atoms with Crippen molar-refractivity contribution in [1.29, 1.82) is 0 Å². The van der Waals surface area contributed by atoms with E-state index in [2.05, 4.69) is 16.0 Å². The van der Waals surface area contributed by atoms with Gasteiger partial charge in [0.15, 0.2) is 0 Å². The molecular weight excluding hydrogens is 334 g/mol. The molecule has 2 aromatic rings. The monoisotopic (exact) mass is 357 g/mol. The highest BCUT2D eigenvalue weighted by molar-refractivity contribution is 5.96. The van der Waals surface area contributed by atoms with Gasteiger partial charge in [-0.25, -0.2) is 0 Å². The Labute approximate surface area is 152 Å². The second-order valence-electron chi connectivity index (χ2n) is 5.61. The highest BCUT2D eigenvalue weighted by atomic mass is 16.5. The summed E-state index contributed by atoms with van der Waals surface area (Å²) in [5, 5.41) is 8.28. The van der Waals surface area contributed by atoms with Crippen LogP contribution in [0.3, 0.4) is 0 Å². The Morgan fingerprint density at radius 3 is 2.31 bits per heavy atom. The second kappa shape index (κ2) is 9.31. The molecule has 138 valence electrons. The van der Waals surface area contributed by atoms with Crippen LogP contribution in [0.15, 0.2) is 42.5 Å². The van der Waals surface area contributed by atoms with Crippen LogP contribution in [0.5, 0.6) is 11.5 Å². The number of carbonyl (C=O) groups is 2. The number of carbonyl (C=O) groups excluding carboxylic acids is 2. The molecule has 0 aliphatic heterocycles. The summed E-state index contributed by atoms with van der Waals surface area (Å²) in [6, 6.07) is 12.7. The van der Waals surface area contributed by atoms with Gasteiger partial charge in [0.1, 0.15) is 11.5 Å². The smallest absolute Gasteiger partial charge is 0.243 e. The molecule has 2 aromatic carbocycles. The molecule has 2 rings (SSSR count). The highest BCUT2D eigenvalue weighted by Crippen LogP contribution is 2.24. The third kappa shape index (κ3) is 5.70. The summed E-state index contributed by atoms with van der Waals surface area (Å²) < 4.78 is 10.3. The van der Waals surface area contributed by atoms with E-state index < -0.39 is 0 Å². The maximum absolute atomic E-state index is 12.0. The van der Waals surface area contributed by atoms with Crippen molar-refractivity contribution in [3.63, 3.8) is 0 Å². The molecule has 3 N–H and O–H groups in total. The number of nitrogens with one attached hydrogen (secondary N) is 3. The number of hydrogen-bond donors (Lipinski definition) is 3. The lowest BCUT2D eigenvalue weighted by atomic mass is 10.2. The lowest BCUT2D eigenvalue weighted by Gasteiger charge is -2.12. The molecule has 7 nitrogen and oxygen atoms in total. The van der Waals surface area contributed by atoms with E-state index >= 15 is 0 Å². The molecule has 2 amide bonds. The van der Waals surface area contributed by atoms with E-state index in [9.17, 15) is 9.59 Å². The Morgan fingerprint density at radius 1 is 0.923 bits per heavy atom. The molecule has 0 aliphatic carbocycles. The number of rotatable bonds is 8. The van der Waals surface area contributed by atoms with Crippen LogP contribution in [0.1, 0.15) is 5.56 Å². The van der Waals surface area contributed by atoms with E-state index in [1.807, 2.05) is 31.2 Å². The minimum atomic E-state index is -0.327. The van der Waals surface area contributed by atoms with Crippen LogP contribution in [-0.2, 0) is 9.59 Å². The fraction of sp³-hybridized carbons (Fsp3) is 0.263. The van der Waals surface area contributed by atoms with Crippen molar-refractivity contribution < 1.29 is 19.1 Å². The molecule has 0 saturated heterocycles. The van der Waals surface area contributed by atoms with E-state index in [1.165, 1.54) is 7.11 Å². The summed E-state index contributed by atoms with van der Waals surface area (Å²) in [4.78, 5) is 23.9. The SMILES string of the molecule is COc1ccc(NCC(=O)NCC(=O)Nc2cc(C)ccc2OC)cc1. The van der Waals surface area contributed by atoms with Gasteiger partial charge in [0.25, 0.3) is 0 Å². The molecule has 26 heavy (non-hydrogen) atoms. The van der Waals surface area contributed by atoms with Crippen LogP contribution in [0, 0.1) is 6.92 Å². The summed E-state index contributed by atoms with van der Waals surface area (Å²) in [6.07, 6.45) is 0. The van der Waals surface area contributed by atoms with Crippen LogP contribution in [0.25, 0.3) is 0 Å². The van der Waals surface area contributed by atoms with Crippen molar-refractivity contribution in [2.75, 3.05) is 37.9 Å². The van der Waals surface area contributed by atoms with Gasteiger partial charge in [0, 0.05) is 5.69 Å². The van der Waals surface area contributed by atoms with Gasteiger partial charge in [0.2, 0.25) is 11.8 Å². The number of methoxy groups -OCH3 is 2. The lowest BCUT2D eigenvalue weighted by Crippen LogP contribution is -2.36. The molecule has 0 aromatic heterocycles. The molecule has 0 atom stereocenters. The molecule has 0 heterocycles. The largest absolute Gasteiger partial charge is 0.497 e. The predicted octanol–water partition coefficient (Wildman–Crippen LogP) is 2.18. The Morgan fingerprint density at radius 2 is 1.65 bits per heavy atom. The fourth-order valence-corrected chi connectivity index (χ4v) is 2.25. The van der Waals surface area contributed by atoms with E-state index in [0.29, 0.717) is 11.4 Å². The summed E-state index contributed by atoms with van der Waals surface area (Å²) in [7, 11) is 3.13. The minimum absolute atomic E-state index is 0.0629. The number of amides is 2. The van der Waals surface area contributed by atoms with E-state index in [1.54, 1.807) is 25.3 Å². The van der Waals surface area contributed by atoms with Crippen LogP contribution >= 0.6 is 0 Å². The quantitative estimate of drug-likeness (QED) is 0.674. The Balaban J connectivity index is 1.77. The number of aryl methyl sites for hydroxylation is 1. The maximum atomic E-state index is 12.0. The second-order valence-corrected chi connectivity index (χ2v) is 5.61. The van der Waals surface area contributed by atoms with E-state index in [0.717, 1.165) is 17.0 Å². The molecule has 0 bridgehead atoms. The van der Waals surface area contributed by atoms with Gasteiger partial charge in [-0.2, -0.15) is 0 Å². The molecule has 0 saturated carbocycles. The van der Waals surface area contributed by atoms with Gasteiger partial charge in [0.05, 0.1) is 33.0 Å². The molecule has 7 heteroatoms. The number of ether oxygens (including phenoxy) is 2. The maximum Gasteiger partial charge on any atom is 0.243 e. The average Bonchev–Trinajstić information content (AvgIpc) is 2.65. The van der Waals surface area contributed by atoms with Gasteiger partial charge >= 0.3 is 0 Å². The zero-order valence-corrected chi connectivity index (χ0v) is 15.1. The van der Waals surface area contributed by atoms with Gasteiger partial charge in [-0.05, 0) is 48.9 Å². The molecule has 0 unspecified atom stereocenters. The third-order valence-electron chi connectivity index (χ3n) is 3.62. The molecule has 0 spiro atoms. The Bertz CT molecular complexity index is 760. The summed E-state index contributed by atoms with van der Waals surface area (Å²) in [6.45, 7) is 1.86. The first-order valence-electron chi connectivity index (χ1n) is 8.11. The minimum Gasteiger partial charge on any atom is -0.497 e. The average molecular weight is 357 g/mol. The summed E-state index contributed by atoms with van der Waals surface area (Å²) >= 11 is 0. The lowest BCUT2D eigenvalue weighted by molar-refractivity contribution is -0.122. The van der Waals surface area contributed by atoms with Crippen molar-refractivity contribution >= 4 is 23.2 Å². The summed E-state index contributed by atoms with van der Waals surface area (Å²) in [5.41, 5.74) is 2.35. The van der Waals surface area contributed by atoms with Gasteiger partial charge in [-0.1, -0.05) is 6.07 Å². The molecule has 0 aliphatic rings. The van der Waals surface area contributed by atoms with Gasteiger partial charge in [-0.3, -0.25) is 9.59 Å². The van der Waals surface area contributed by atoms with Crippen LogP contribution < -0.4 is 25.4 Å². The van der Waals surface area contributed by atoms with Crippen molar-refractivity contribution in [3.05, 3.63) is 48.0 Å². The molecular formula is C19H23N3O4. The Hall–Kier alpha value is -3.22. The topological polar surface area (TPSA) is 88.7 Å². The van der Waals surface area contributed by atoms with Crippen molar-refractivity contribution in [1.82, 2.24) is 5.32 Å². The van der Waals surface area contributed by atoms with Crippen LogP contribution in [-0.4, -0.2) is 39.1 Å².